The van der Waals surface area contributed by atoms with Crippen LogP contribution in [0.3, 0.4) is 0 Å². The first-order chi connectivity index (χ1) is 10.2. The van der Waals surface area contributed by atoms with Crippen LogP contribution in [0.25, 0.3) is 0 Å². The van der Waals surface area contributed by atoms with Crippen molar-refractivity contribution in [2.75, 3.05) is 24.6 Å². The van der Waals surface area contributed by atoms with Gasteiger partial charge in [0.15, 0.2) is 0 Å². The molecule has 0 spiro atoms. The Morgan fingerprint density at radius 3 is 1.17 bits per heavy atom. The molecule has 2 aliphatic heterocycles. The van der Waals surface area contributed by atoms with Gasteiger partial charge in [0.1, 0.15) is 0 Å². The summed E-state index contributed by atoms with van der Waals surface area (Å²) in [5.74, 6) is 0.647. The van der Waals surface area contributed by atoms with Gasteiger partial charge in [-0.3, -0.25) is 0 Å². The smallest absolute Gasteiger partial charge is 0.212 e. The minimum absolute atomic E-state index is 0.241. The van der Waals surface area contributed by atoms with Crippen molar-refractivity contribution in [2.45, 2.75) is 71.9 Å². The second kappa shape index (κ2) is 6.98. The zero-order chi connectivity index (χ0) is 18.1. The van der Waals surface area contributed by atoms with E-state index in [1.165, 1.54) is 0 Å². The summed E-state index contributed by atoms with van der Waals surface area (Å²) in [4.78, 5) is 0. The molecule has 138 valence electrons. The van der Waals surface area contributed by atoms with E-state index < -0.39 is 20.0 Å². The molecule has 0 aromatic heterocycles. The molecule has 23 heavy (non-hydrogen) atoms. The highest BCUT2D eigenvalue weighted by Crippen LogP contribution is 2.24. The average Bonchev–Trinajstić information content (AvgIpc) is 2.67. The predicted octanol–water partition coefficient (Wildman–Crippen LogP) is 2.03. The zero-order valence-corrected chi connectivity index (χ0v) is 16.9. The quantitative estimate of drug-likeness (QED) is 0.656. The lowest BCUT2D eigenvalue weighted by molar-refractivity contribution is 0.237. The van der Waals surface area contributed by atoms with Crippen molar-refractivity contribution < 1.29 is 16.8 Å². The Kier molecular flexibility index (Phi) is 6.33. The van der Waals surface area contributed by atoms with Gasteiger partial charge in [-0.15, -0.1) is 0 Å². The monoisotopic (exact) mass is 368 g/mol. The lowest BCUT2D eigenvalue weighted by atomic mass is 10.1. The molecule has 2 aliphatic rings. The fourth-order valence-electron chi connectivity index (χ4n) is 2.93. The molecule has 0 N–H and O–H groups in total. The summed E-state index contributed by atoms with van der Waals surface area (Å²) in [6.07, 6.45) is 2.59. The molecule has 2 heterocycles. The summed E-state index contributed by atoms with van der Waals surface area (Å²) in [5, 5.41) is 0. The molecule has 0 saturated carbocycles. The van der Waals surface area contributed by atoms with E-state index in [1.54, 1.807) is 8.61 Å². The lowest BCUT2D eigenvalue weighted by Crippen LogP contribution is -2.49. The summed E-state index contributed by atoms with van der Waals surface area (Å²) in [5.41, 5.74) is -0.491. The number of hydrogen-bond donors (Lipinski definition) is 0. The average molecular weight is 369 g/mol. The van der Waals surface area contributed by atoms with Gasteiger partial charge < -0.3 is 0 Å². The van der Waals surface area contributed by atoms with Crippen LogP contribution in [0, 0.1) is 0 Å². The van der Waals surface area contributed by atoms with E-state index in [0.717, 1.165) is 19.3 Å². The van der Waals surface area contributed by atoms with Gasteiger partial charge in [-0.05, 0) is 60.8 Å². The van der Waals surface area contributed by atoms with Crippen molar-refractivity contribution in [3.63, 3.8) is 0 Å². The molecule has 2 saturated heterocycles. The number of nitrogens with zero attached hydrogens (tertiary/aromatic N) is 2. The molecule has 0 radical (unpaired) electrons. The Morgan fingerprint density at radius 1 is 0.609 bits per heavy atom. The van der Waals surface area contributed by atoms with Gasteiger partial charge in [0.25, 0.3) is 0 Å². The molecule has 0 aromatic carbocycles. The van der Waals surface area contributed by atoms with Crippen LogP contribution in [0.2, 0.25) is 0 Å². The van der Waals surface area contributed by atoms with Crippen LogP contribution < -0.4 is 0 Å². The standard InChI is InChI=1S/C8H17NO2S.C7H15NO2S/c1-8(2,3)9-6-4-5-7-12(9,10)11;1-7(2,3)8-5-4-6-11(8,9)10/h4-7H2,1-3H3;4-6H2,1-3H3. The van der Waals surface area contributed by atoms with E-state index in [-0.39, 0.29) is 11.1 Å². The van der Waals surface area contributed by atoms with Crippen molar-refractivity contribution in [3.8, 4) is 0 Å². The van der Waals surface area contributed by atoms with E-state index in [1.807, 2.05) is 41.5 Å². The van der Waals surface area contributed by atoms with Crippen LogP contribution in [-0.2, 0) is 20.0 Å². The Morgan fingerprint density at radius 2 is 0.957 bits per heavy atom. The Balaban J connectivity index is 0.000000231. The van der Waals surface area contributed by atoms with Gasteiger partial charge in [0, 0.05) is 24.2 Å². The van der Waals surface area contributed by atoms with Gasteiger partial charge in [-0.1, -0.05) is 0 Å². The zero-order valence-electron chi connectivity index (χ0n) is 15.3. The van der Waals surface area contributed by atoms with Gasteiger partial charge in [0.05, 0.1) is 11.5 Å². The summed E-state index contributed by atoms with van der Waals surface area (Å²) in [7, 11) is -5.86. The van der Waals surface area contributed by atoms with Crippen molar-refractivity contribution in [3.05, 3.63) is 0 Å². The van der Waals surface area contributed by atoms with Crippen molar-refractivity contribution in [2.24, 2.45) is 0 Å². The lowest BCUT2D eigenvalue weighted by Gasteiger charge is -2.37. The molecule has 2 fully saturated rings. The number of hydrogen-bond acceptors (Lipinski definition) is 4. The third kappa shape index (κ3) is 5.69. The van der Waals surface area contributed by atoms with Crippen LogP contribution in [0.5, 0.6) is 0 Å². The third-order valence-electron chi connectivity index (χ3n) is 3.94. The molecule has 2 rings (SSSR count). The SMILES string of the molecule is CC(C)(C)N1CCCCS1(=O)=O.CC(C)(C)N1CCCS1(=O)=O. The Hall–Kier alpha value is -0.180. The van der Waals surface area contributed by atoms with Gasteiger partial charge in [-0.2, -0.15) is 8.61 Å². The van der Waals surface area contributed by atoms with Crippen LogP contribution >= 0.6 is 0 Å². The van der Waals surface area contributed by atoms with Crippen LogP contribution in [0.15, 0.2) is 0 Å². The van der Waals surface area contributed by atoms with E-state index in [0.29, 0.717) is 24.6 Å². The maximum atomic E-state index is 11.6. The molecule has 0 bridgehead atoms. The Bertz CT molecular complexity index is 598. The highest BCUT2D eigenvalue weighted by atomic mass is 32.2. The van der Waals surface area contributed by atoms with Gasteiger partial charge in [-0.25, -0.2) is 16.8 Å². The Labute approximate surface area is 142 Å². The largest absolute Gasteiger partial charge is 0.214 e. The molecule has 0 amide bonds. The van der Waals surface area contributed by atoms with Crippen LogP contribution in [0.1, 0.15) is 60.8 Å². The first-order valence-corrected chi connectivity index (χ1v) is 11.4. The second-order valence-electron chi connectivity index (χ2n) is 8.18. The number of rotatable bonds is 0. The third-order valence-corrected chi connectivity index (χ3v) is 8.36. The molecule has 0 unspecified atom stereocenters. The highest BCUT2D eigenvalue weighted by molar-refractivity contribution is 7.89. The summed E-state index contributed by atoms with van der Waals surface area (Å²) >= 11 is 0. The highest BCUT2D eigenvalue weighted by Gasteiger charge is 2.36. The molecule has 0 aliphatic carbocycles. The van der Waals surface area contributed by atoms with Crippen molar-refractivity contribution in [1.82, 2.24) is 8.61 Å². The normalized spacial score (nSPS) is 25.7. The molecule has 0 atom stereocenters. The van der Waals surface area contributed by atoms with Crippen molar-refractivity contribution >= 4 is 20.0 Å². The van der Waals surface area contributed by atoms with E-state index in [9.17, 15) is 16.8 Å². The van der Waals surface area contributed by atoms with E-state index in [4.69, 9.17) is 0 Å². The number of sulfonamides is 2. The molecule has 6 nitrogen and oxygen atoms in total. The first kappa shape index (κ1) is 20.9. The fraction of sp³-hybridized carbons (Fsp3) is 1.00. The minimum Gasteiger partial charge on any atom is -0.212 e. The molecular formula is C15H32N2O4S2. The maximum absolute atomic E-state index is 11.6. The predicted molar refractivity (Wildman–Crippen MR) is 94.3 cm³/mol. The van der Waals surface area contributed by atoms with E-state index >= 15 is 0 Å². The molecule has 8 heteroatoms. The molecule has 0 aromatic rings. The maximum Gasteiger partial charge on any atom is 0.214 e. The van der Waals surface area contributed by atoms with Gasteiger partial charge in [0.2, 0.25) is 20.0 Å². The van der Waals surface area contributed by atoms with Crippen LogP contribution in [0.4, 0.5) is 0 Å². The molecular weight excluding hydrogens is 336 g/mol. The summed E-state index contributed by atoms with van der Waals surface area (Å²) in [6, 6.07) is 0. The minimum atomic E-state index is -2.95. The first-order valence-electron chi connectivity index (χ1n) is 8.19. The van der Waals surface area contributed by atoms with Crippen molar-refractivity contribution in [1.29, 1.82) is 0 Å². The second-order valence-corrected chi connectivity index (χ2v) is 12.2. The summed E-state index contributed by atoms with van der Waals surface area (Å²) < 4.78 is 49.0. The fourth-order valence-corrected chi connectivity index (χ4v) is 6.92. The topological polar surface area (TPSA) is 74.8 Å². The summed E-state index contributed by atoms with van der Waals surface area (Å²) in [6.45, 7) is 13.0. The van der Waals surface area contributed by atoms with Crippen LogP contribution in [-0.4, -0.2) is 61.1 Å². The van der Waals surface area contributed by atoms with Gasteiger partial charge >= 0.3 is 0 Å². The van der Waals surface area contributed by atoms with E-state index in [2.05, 4.69) is 0 Å².